The summed E-state index contributed by atoms with van der Waals surface area (Å²) in [5.41, 5.74) is 0.946. The minimum absolute atomic E-state index is 0.000117. The molecule has 0 radical (unpaired) electrons. The summed E-state index contributed by atoms with van der Waals surface area (Å²) in [6.07, 6.45) is 6.10. The predicted octanol–water partition coefficient (Wildman–Crippen LogP) is 4.07. The van der Waals surface area contributed by atoms with E-state index in [-0.39, 0.29) is 36.7 Å². The Morgan fingerprint density at radius 2 is 2.00 bits per heavy atom. The normalized spacial score (nSPS) is 22.2. The molecule has 180 valence electrons. The van der Waals surface area contributed by atoms with Crippen molar-refractivity contribution >= 4 is 22.9 Å². The number of amides is 2. The number of nitrogens with one attached hydrogen (secondary N) is 3. The number of carbonyl (C=O) groups excluding carboxylic acids is 1. The summed E-state index contributed by atoms with van der Waals surface area (Å²) in [5.74, 6) is -3.79. The van der Waals surface area contributed by atoms with Gasteiger partial charge in [-0.05, 0) is 31.7 Å². The number of carbonyl (C=O) groups is 1. The molecule has 2 atom stereocenters. The minimum atomic E-state index is -2.84. The van der Waals surface area contributed by atoms with E-state index in [1.54, 1.807) is 6.20 Å². The van der Waals surface area contributed by atoms with Gasteiger partial charge in [-0.2, -0.15) is 0 Å². The number of urea groups is 1. The van der Waals surface area contributed by atoms with Crippen molar-refractivity contribution in [2.24, 2.45) is 0 Å². The van der Waals surface area contributed by atoms with Crippen LogP contribution in [0.1, 0.15) is 32.1 Å². The van der Waals surface area contributed by atoms with E-state index in [0.29, 0.717) is 29.4 Å². The maximum atomic E-state index is 14.5. The van der Waals surface area contributed by atoms with Crippen molar-refractivity contribution in [3.63, 3.8) is 0 Å². The highest BCUT2D eigenvalue weighted by Gasteiger charge is 2.40. The van der Waals surface area contributed by atoms with Crippen molar-refractivity contribution in [1.82, 2.24) is 30.2 Å². The fraction of sp³-hybridized carbons (Fsp3) is 0.455. The third kappa shape index (κ3) is 4.62. The van der Waals surface area contributed by atoms with E-state index in [1.165, 1.54) is 6.07 Å². The van der Waals surface area contributed by atoms with Gasteiger partial charge in [0.25, 0.3) is 5.92 Å². The highest BCUT2D eigenvalue weighted by molar-refractivity contribution is 5.91. The number of halogens is 4. The van der Waals surface area contributed by atoms with Gasteiger partial charge >= 0.3 is 6.03 Å². The molecule has 12 heteroatoms. The molecule has 1 saturated carbocycles. The highest BCUT2D eigenvalue weighted by Crippen LogP contribution is 2.29. The lowest BCUT2D eigenvalue weighted by atomic mass is 9.91. The number of likely N-dealkylation sites (tertiary alicyclic amines) is 1. The van der Waals surface area contributed by atoms with Crippen LogP contribution in [0, 0.1) is 11.6 Å². The number of alkyl halides is 2. The van der Waals surface area contributed by atoms with E-state index < -0.39 is 30.1 Å². The second-order valence-corrected chi connectivity index (χ2v) is 8.82. The molecule has 34 heavy (non-hydrogen) atoms. The Labute approximate surface area is 192 Å². The smallest absolute Gasteiger partial charge is 0.317 e. The number of aromatic amines is 1. The Hall–Kier alpha value is -3.44. The zero-order valence-electron chi connectivity index (χ0n) is 18.1. The van der Waals surface area contributed by atoms with Gasteiger partial charge in [-0.25, -0.2) is 37.3 Å². The molecule has 8 nitrogen and oxygen atoms in total. The van der Waals surface area contributed by atoms with Crippen LogP contribution < -0.4 is 10.6 Å². The second-order valence-electron chi connectivity index (χ2n) is 8.82. The van der Waals surface area contributed by atoms with Gasteiger partial charge in [0.05, 0.1) is 18.9 Å². The monoisotopic (exact) mass is 477 g/mol. The molecular weight excluding hydrogens is 454 g/mol. The van der Waals surface area contributed by atoms with Crippen molar-refractivity contribution < 1.29 is 22.4 Å². The number of rotatable bonds is 4. The van der Waals surface area contributed by atoms with Crippen LogP contribution in [0.25, 0.3) is 22.4 Å². The van der Waals surface area contributed by atoms with Gasteiger partial charge < -0.3 is 20.5 Å². The third-order valence-corrected chi connectivity index (χ3v) is 6.28. The van der Waals surface area contributed by atoms with Gasteiger partial charge in [-0.15, -0.1) is 0 Å². The van der Waals surface area contributed by atoms with E-state index >= 15 is 0 Å². The fourth-order valence-corrected chi connectivity index (χ4v) is 4.58. The number of fused-ring (bicyclic) bond motifs is 1. The Bertz CT molecular complexity index is 1220. The summed E-state index contributed by atoms with van der Waals surface area (Å²) >= 11 is 0. The maximum Gasteiger partial charge on any atom is 0.317 e. The Kier molecular flexibility index (Phi) is 5.74. The maximum absolute atomic E-state index is 14.5. The fourth-order valence-electron chi connectivity index (χ4n) is 4.58. The van der Waals surface area contributed by atoms with Crippen molar-refractivity contribution in [3.8, 4) is 11.4 Å². The molecule has 0 spiro atoms. The van der Waals surface area contributed by atoms with Crippen LogP contribution >= 0.6 is 0 Å². The van der Waals surface area contributed by atoms with Crippen molar-refractivity contribution in [2.75, 3.05) is 18.4 Å². The summed E-state index contributed by atoms with van der Waals surface area (Å²) in [5, 5.41) is 6.39. The Morgan fingerprint density at radius 1 is 1.18 bits per heavy atom. The third-order valence-electron chi connectivity index (χ3n) is 6.28. The van der Waals surface area contributed by atoms with Crippen LogP contribution in [-0.2, 0) is 0 Å². The van der Waals surface area contributed by atoms with Gasteiger partial charge in [0, 0.05) is 42.2 Å². The zero-order valence-corrected chi connectivity index (χ0v) is 18.1. The SMILES string of the molecule is O=C(N[C@@H]1CCC[C@H](Nc2nc(-c3c[nH]c4ncc(F)cc34)ncc2F)C1)N1CCC(F)(F)C1. The first-order valence-corrected chi connectivity index (χ1v) is 11.1. The van der Waals surface area contributed by atoms with Gasteiger partial charge in [-0.1, -0.05) is 0 Å². The van der Waals surface area contributed by atoms with Crippen molar-refractivity contribution in [1.29, 1.82) is 0 Å². The molecule has 3 aromatic heterocycles. The molecule has 3 aromatic rings. The topological polar surface area (TPSA) is 98.8 Å². The largest absolute Gasteiger partial charge is 0.365 e. The van der Waals surface area contributed by atoms with E-state index in [0.717, 1.165) is 30.1 Å². The molecule has 2 fully saturated rings. The van der Waals surface area contributed by atoms with Crippen LogP contribution in [-0.4, -0.2) is 62.0 Å². The van der Waals surface area contributed by atoms with E-state index in [9.17, 15) is 22.4 Å². The summed E-state index contributed by atoms with van der Waals surface area (Å²) < 4.78 is 55.0. The van der Waals surface area contributed by atoms with Crippen LogP contribution in [0.4, 0.5) is 28.2 Å². The first kappa shape index (κ1) is 22.4. The molecule has 3 N–H and O–H groups in total. The number of hydrogen-bond donors (Lipinski definition) is 3. The van der Waals surface area contributed by atoms with Crippen molar-refractivity contribution in [2.45, 2.75) is 50.1 Å². The molecular formula is C22H23F4N7O. The number of pyridine rings is 1. The number of aromatic nitrogens is 4. The molecule has 5 rings (SSSR count). The molecule has 0 unspecified atom stereocenters. The van der Waals surface area contributed by atoms with Crippen LogP contribution in [0.5, 0.6) is 0 Å². The second kappa shape index (κ2) is 8.73. The zero-order chi connectivity index (χ0) is 23.9. The lowest BCUT2D eigenvalue weighted by molar-refractivity contribution is 0.0152. The van der Waals surface area contributed by atoms with Crippen LogP contribution in [0.3, 0.4) is 0 Å². The van der Waals surface area contributed by atoms with E-state index in [2.05, 4.69) is 30.6 Å². The molecule has 2 amide bonds. The molecule has 4 heterocycles. The summed E-state index contributed by atoms with van der Waals surface area (Å²) in [4.78, 5) is 28.7. The Balaban J connectivity index is 1.27. The summed E-state index contributed by atoms with van der Waals surface area (Å²) in [7, 11) is 0. The van der Waals surface area contributed by atoms with Gasteiger partial charge in [0.1, 0.15) is 11.5 Å². The average Bonchev–Trinajstić information content (AvgIpc) is 3.38. The molecule has 1 aliphatic heterocycles. The van der Waals surface area contributed by atoms with Crippen LogP contribution in [0.15, 0.2) is 24.7 Å². The molecule has 2 aliphatic rings. The quantitative estimate of drug-likeness (QED) is 0.492. The lowest BCUT2D eigenvalue weighted by Gasteiger charge is -2.32. The van der Waals surface area contributed by atoms with Crippen molar-refractivity contribution in [3.05, 3.63) is 36.3 Å². The number of H-pyrrole nitrogens is 1. The van der Waals surface area contributed by atoms with Gasteiger partial charge in [0.2, 0.25) is 0 Å². The number of hydrogen-bond acceptors (Lipinski definition) is 5. The summed E-state index contributed by atoms with van der Waals surface area (Å²) in [6, 6.07) is 0.399. The van der Waals surface area contributed by atoms with E-state index in [1.807, 2.05) is 0 Å². The molecule has 1 aliphatic carbocycles. The molecule has 1 saturated heterocycles. The van der Waals surface area contributed by atoms with Gasteiger partial charge in [-0.3, -0.25) is 0 Å². The molecule has 0 aromatic carbocycles. The first-order valence-electron chi connectivity index (χ1n) is 11.1. The van der Waals surface area contributed by atoms with Gasteiger partial charge in [0.15, 0.2) is 17.5 Å². The number of anilines is 1. The Morgan fingerprint density at radius 3 is 2.79 bits per heavy atom. The standard InChI is InChI=1S/C22H23F4N7O/c23-12-6-15-16(9-28-18(15)27-8-12)19-29-10-17(24)20(32-19)30-13-2-1-3-14(7-13)31-21(34)33-5-4-22(25,26)11-33/h6,8-10,13-14H,1-5,7,11H2,(H,27,28)(H,31,34)(H,29,30,32)/t13-,14+/m0/s1. The number of nitrogens with zero attached hydrogens (tertiary/aromatic N) is 4. The average molecular weight is 477 g/mol. The summed E-state index contributed by atoms with van der Waals surface area (Å²) in [6.45, 7) is -0.551. The first-order chi connectivity index (χ1) is 16.3. The molecule has 0 bridgehead atoms. The lowest BCUT2D eigenvalue weighted by Crippen LogP contribution is -2.47. The van der Waals surface area contributed by atoms with E-state index in [4.69, 9.17) is 0 Å². The predicted molar refractivity (Wildman–Crippen MR) is 116 cm³/mol. The highest BCUT2D eigenvalue weighted by atomic mass is 19.3. The minimum Gasteiger partial charge on any atom is -0.365 e. The van der Waals surface area contributed by atoms with Crippen LogP contribution in [0.2, 0.25) is 0 Å².